The highest BCUT2D eigenvalue weighted by molar-refractivity contribution is 6.31. The molecule has 7 heteroatoms. The minimum atomic E-state index is -0.696. The SMILES string of the molecule is CC1CCC2(CC1)OCC(C(=O)N1CCOCC1)N2C(=O)c1cccc(Cl)c1. The van der Waals surface area contributed by atoms with Gasteiger partial charge in [0.1, 0.15) is 11.8 Å². The Morgan fingerprint density at radius 1 is 1.18 bits per heavy atom. The second-order valence-corrected chi connectivity index (χ2v) is 8.52. The van der Waals surface area contributed by atoms with Crippen LogP contribution in [-0.4, -0.2) is 66.3 Å². The third-order valence-electron chi connectivity index (χ3n) is 6.21. The average molecular weight is 407 g/mol. The van der Waals surface area contributed by atoms with Crippen LogP contribution in [0.4, 0.5) is 0 Å². The summed E-state index contributed by atoms with van der Waals surface area (Å²) in [4.78, 5) is 30.3. The van der Waals surface area contributed by atoms with Gasteiger partial charge in [0.05, 0.1) is 19.8 Å². The highest BCUT2D eigenvalue weighted by Crippen LogP contribution is 2.43. The van der Waals surface area contributed by atoms with Crippen molar-refractivity contribution in [2.45, 2.75) is 44.4 Å². The monoisotopic (exact) mass is 406 g/mol. The molecule has 1 aliphatic carbocycles. The van der Waals surface area contributed by atoms with Crippen molar-refractivity contribution >= 4 is 23.4 Å². The molecule has 0 bridgehead atoms. The summed E-state index contributed by atoms with van der Waals surface area (Å²) >= 11 is 6.12. The minimum absolute atomic E-state index is 0.0471. The smallest absolute Gasteiger partial charge is 0.256 e. The summed E-state index contributed by atoms with van der Waals surface area (Å²) in [6, 6.07) is 6.33. The van der Waals surface area contributed by atoms with Crippen molar-refractivity contribution in [3.8, 4) is 0 Å². The molecular weight excluding hydrogens is 380 g/mol. The number of rotatable bonds is 2. The van der Waals surface area contributed by atoms with Crippen molar-refractivity contribution in [3.63, 3.8) is 0 Å². The van der Waals surface area contributed by atoms with Gasteiger partial charge in [-0.15, -0.1) is 0 Å². The van der Waals surface area contributed by atoms with Crippen molar-refractivity contribution in [1.29, 1.82) is 0 Å². The third kappa shape index (κ3) is 3.65. The van der Waals surface area contributed by atoms with Crippen LogP contribution in [0.15, 0.2) is 24.3 Å². The van der Waals surface area contributed by atoms with E-state index >= 15 is 0 Å². The Hall–Kier alpha value is -1.63. The fourth-order valence-electron chi connectivity index (χ4n) is 4.52. The van der Waals surface area contributed by atoms with Crippen molar-refractivity contribution in [2.75, 3.05) is 32.9 Å². The van der Waals surface area contributed by atoms with Crippen LogP contribution < -0.4 is 0 Å². The van der Waals surface area contributed by atoms with Crippen LogP contribution in [0.1, 0.15) is 43.0 Å². The highest BCUT2D eigenvalue weighted by atomic mass is 35.5. The summed E-state index contributed by atoms with van der Waals surface area (Å²) in [5.41, 5.74) is -0.200. The Morgan fingerprint density at radius 3 is 2.57 bits per heavy atom. The fraction of sp³-hybridized carbons (Fsp3) is 0.619. The molecule has 1 unspecified atom stereocenters. The van der Waals surface area contributed by atoms with E-state index in [0.29, 0.717) is 42.8 Å². The second-order valence-electron chi connectivity index (χ2n) is 8.08. The number of carbonyl (C=O) groups excluding carboxylic acids is 2. The minimum Gasteiger partial charge on any atom is -0.378 e. The zero-order valence-electron chi connectivity index (χ0n) is 16.2. The molecule has 152 valence electrons. The highest BCUT2D eigenvalue weighted by Gasteiger charge is 2.54. The summed E-state index contributed by atoms with van der Waals surface area (Å²) < 4.78 is 11.6. The Balaban J connectivity index is 1.65. The molecule has 2 amide bonds. The maximum Gasteiger partial charge on any atom is 0.256 e. The Kier molecular flexibility index (Phi) is 5.63. The lowest BCUT2D eigenvalue weighted by Gasteiger charge is -2.43. The Labute approximate surface area is 170 Å². The number of carbonyl (C=O) groups is 2. The Bertz CT molecular complexity index is 742. The van der Waals surface area contributed by atoms with E-state index in [1.54, 1.807) is 34.1 Å². The van der Waals surface area contributed by atoms with Crippen LogP contribution in [0, 0.1) is 5.92 Å². The van der Waals surface area contributed by atoms with Crippen LogP contribution in [0.3, 0.4) is 0 Å². The molecule has 2 saturated heterocycles. The number of benzene rings is 1. The van der Waals surface area contributed by atoms with Crippen LogP contribution in [0.5, 0.6) is 0 Å². The van der Waals surface area contributed by atoms with Gasteiger partial charge in [0, 0.05) is 23.7 Å². The average Bonchev–Trinajstić information content (AvgIpc) is 3.08. The molecule has 2 heterocycles. The van der Waals surface area contributed by atoms with E-state index in [1.807, 2.05) is 0 Å². The number of nitrogens with zero attached hydrogens (tertiary/aromatic N) is 2. The number of amides is 2. The van der Waals surface area contributed by atoms with E-state index in [9.17, 15) is 9.59 Å². The Morgan fingerprint density at radius 2 is 1.89 bits per heavy atom. The number of ether oxygens (including phenoxy) is 2. The molecule has 1 spiro atoms. The normalized spacial score (nSPS) is 30.6. The maximum atomic E-state index is 13.5. The molecule has 1 saturated carbocycles. The maximum absolute atomic E-state index is 13.5. The lowest BCUT2D eigenvalue weighted by atomic mass is 9.83. The lowest BCUT2D eigenvalue weighted by molar-refractivity contribution is -0.141. The van der Waals surface area contributed by atoms with Gasteiger partial charge in [0.25, 0.3) is 5.91 Å². The van der Waals surface area contributed by atoms with E-state index in [4.69, 9.17) is 21.1 Å². The number of morpholine rings is 1. The first-order valence-electron chi connectivity index (χ1n) is 10.1. The quantitative estimate of drug-likeness (QED) is 0.757. The van der Waals surface area contributed by atoms with Gasteiger partial charge in [0.15, 0.2) is 0 Å². The lowest BCUT2D eigenvalue weighted by Crippen LogP contribution is -2.58. The third-order valence-corrected chi connectivity index (χ3v) is 6.45. The van der Waals surface area contributed by atoms with Crippen LogP contribution in [-0.2, 0) is 14.3 Å². The summed E-state index contributed by atoms with van der Waals surface area (Å²) in [5.74, 6) is 0.377. The van der Waals surface area contributed by atoms with Crippen molar-refractivity contribution in [2.24, 2.45) is 5.92 Å². The topological polar surface area (TPSA) is 59.1 Å². The molecule has 0 aromatic heterocycles. The predicted molar refractivity (Wildman–Crippen MR) is 105 cm³/mol. The first kappa shape index (κ1) is 19.7. The van der Waals surface area contributed by atoms with E-state index in [2.05, 4.69) is 6.92 Å². The van der Waals surface area contributed by atoms with Gasteiger partial charge in [0.2, 0.25) is 5.91 Å². The van der Waals surface area contributed by atoms with Crippen molar-refractivity contribution in [3.05, 3.63) is 34.9 Å². The standard InChI is InChI=1S/C21H27ClN2O4/c1-15-5-7-21(8-6-15)24(19(25)16-3-2-4-17(22)13-16)18(14-28-21)20(26)23-9-11-27-12-10-23/h2-4,13,15,18H,5-12,14H2,1H3. The van der Waals surface area contributed by atoms with Gasteiger partial charge in [-0.25, -0.2) is 0 Å². The van der Waals surface area contributed by atoms with Crippen molar-refractivity contribution < 1.29 is 19.1 Å². The summed E-state index contributed by atoms with van der Waals surface area (Å²) in [5, 5.41) is 0.508. The number of hydrogen-bond acceptors (Lipinski definition) is 4. The van der Waals surface area contributed by atoms with Gasteiger partial charge < -0.3 is 14.4 Å². The first-order chi connectivity index (χ1) is 13.5. The molecule has 28 heavy (non-hydrogen) atoms. The molecule has 1 aromatic rings. The second kappa shape index (κ2) is 8.01. The molecule has 2 aliphatic heterocycles. The van der Waals surface area contributed by atoms with Crippen LogP contribution in [0.2, 0.25) is 5.02 Å². The van der Waals surface area contributed by atoms with Gasteiger partial charge >= 0.3 is 0 Å². The molecule has 6 nitrogen and oxygen atoms in total. The van der Waals surface area contributed by atoms with Crippen LogP contribution in [0.25, 0.3) is 0 Å². The number of hydrogen-bond donors (Lipinski definition) is 0. The van der Waals surface area contributed by atoms with Gasteiger partial charge in [-0.3, -0.25) is 14.5 Å². The zero-order chi connectivity index (χ0) is 19.7. The molecule has 3 fully saturated rings. The van der Waals surface area contributed by atoms with Gasteiger partial charge in [-0.2, -0.15) is 0 Å². The molecule has 3 aliphatic rings. The fourth-order valence-corrected chi connectivity index (χ4v) is 4.71. The molecule has 1 atom stereocenters. The van der Waals surface area contributed by atoms with E-state index in [0.717, 1.165) is 25.7 Å². The van der Waals surface area contributed by atoms with E-state index in [-0.39, 0.29) is 18.4 Å². The van der Waals surface area contributed by atoms with E-state index in [1.165, 1.54) is 0 Å². The zero-order valence-corrected chi connectivity index (χ0v) is 17.0. The molecular formula is C21H27ClN2O4. The largest absolute Gasteiger partial charge is 0.378 e. The molecule has 0 radical (unpaired) electrons. The van der Waals surface area contributed by atoms with Gasteiger partial charge in [-0.05, 0) is 49.8 Å². The molecule has 4 rings (SSSR count). The van der Waals surface area contributed by atoms with Crippen LogP contribution >= 0.6 is 11.6 Å². The first-order valence-corrected chi connectivity index (χ1v) is 10.5. The summed E-state index contributed by atoms with van der Waals surface area (Å²) in [6.07, 6.45) is 3.48. The predicted octanol–water partition coefficient (Wildman–Crippen LogP) is 2.95. The molecule has 1 aromatic carbocycles. The van der Waals surface area contributed by atoms with Gasteiger partial charge in [-0.1, -0.05) is 24.6 Å². The number of halogens is 1. The van der Waals surface area contributed by atoms with E-state index < -0.39 is 11.8 Å². The van der Waals surface area contributed by atoms with Crippen molar-refractivity contribution in [1.82, 2.24) is 9.80 Å². The summed E-state index contributed by atoms with van der Waals surface area (Å²) in [7, 11) is 0. The summed E-state index contributed by atoms with van der Waals surface area (Å²) in [6.45, 7) is 4.64. The molecule has 0 N–H and O–H groups in total.